The van der Waals surface area contributed by atoms with Crippen molar-refractivity contribution in [3.8, 4) is 16.9 Å². The molecule has 0 spiro atoms. The van der Waals surface area contributed by atoms with Crippen LogP contribution >= 0.6 is 17.0 Å². The molecule has 3 aromatic rings. The Hall–Kier alpha value is -2.22. The second-order valence-electron chi connectivity index (χ2n) is 4.43. The summed E-state index contributed by atoms with van der Waals surface area (Å²) in [6.07, 6.45) is -4.71. The predicted molar refractivity (Wildman–Crippen MR) is 82.9 cm³/mol. The molecule has 2 aromatic carbocycles. The maximum atomic E-state index is 12.2. The van der Waals surface area contributed by atoms with Crippen LogP contribution in [0.25, 0.3) is 22.2 Å². The number of fused-ring (bicyclic) bond motifs is 1. The molecule has 1 aromatic heterocycles. The number of hydrogen-bond donors (Lipinski definition) is 2. The number of halogens is 4. The van der Waals surface area contributed by atoms with E-state index >= 15 is 0 Å². The average Bonchev–Trinajstić information content (AvgIpc) is 2.76. The van der Waals surface area contributed by atoms with E-state index < -0.39 is 6.36 Å². The summed E-state index contributed by atoms with van der Waals surface area (Å²) in [7, 11) is 0. The van der Waals surface area contributed by atoms with Crippen LogP contribution in [0.15, 0.2) is 42.5 Å². The van der Waals surface area contributed by atoms with Crippen molar-refractivity contribution in [3.63, 3.8) is 0 Å². The molecule has 0 saturated heterocycles. The van der Waals surface area contributed by atoms with Gasteiger partial charge in [0, 0.05) is 0 Å². The lowest BCUT2D eigenvalue weighted by molar-refractivity contribution is -0.274. The van der Waals surface area contributed by atoms with E-state index in [1.807, 2.05) is 0 Å². The lowest BCUT2D eigenvalue weighted by Crippen LogP contribution is -2.17. The van der Waals surface area contributed by atoms with Crippen LogP contribution < -0.4 is 10.5 Å². The fourth-order valence-corrected chi connectivity index (χ4v) is 2.08. The van der Waals surface area contributed by atoms with E-state index in [-0.39, 0.29) is 28.7 Å². The molecule has 0 unspecified atom stereocenters. The molecule has 1 heterocycles. The Morgan fingerprint density at radius 3 is 2.50 bits per heavy atom. The third kappa shape index (κ3) is 3.51. The fraction of sp³-hybridized carbons (Fsp3) is 0.0714. The van der Waals surface area contributed by atoms with Gasteiger partial charge in [-0.2, -0.15) is 0 Å². The minimum absolute atomic E-state index is 0. The molecule has 116 valence electrons. The summed E-state index contributed by atoms with van der Waals surface area (Å²) in [5.41, 5.74) is 8.29. The summed E-state index contributed by atoms with van der Waals surface area (Å²) in [4.78, 5) is 6.96. The molecule has 0 aliphatic heterocycles. The van der Waals surface area contributed by atoms with Gasteiger partial charge < -0.3 is 15.5 Å². The van der Waals surface area contributed by atoms with Gasteiger partial charge in [-0.1, -0.05) is 18.2 Å². The second kappa shape index (κ2) is 5.88. The Morgan fingerprint density at radius 1 is 1.05 bits per heavy atom. The monoisotopic (exact) mass is 373 g/mol. The molecule has 3 N–H and O–H groups in total. The van der Waals surface area contributed by atoms with Crippen molar-refractivity contribution in [2.75, 3.05) is 5.73 Å². The van der Waals surface area contributed by atoms with Crippen LogP contribution in [0, 0.1) is 0 Å². The first-order valence-corrected chi connectivity index (χ1v) is 6.02. The van der Waals surface area contributed by atoms with Crippen LogP contribution in [0.2, 0.25) is 0 Å². The summed E-state index contributed by atoms with van der Waals surface area (Å²) < 4.78 is 40.6. The number of ether oxygens (including phenoxy) is 1. The first-order chi connectivity index (χ1) is 9.90. The van der Waals surface area contributed by atoms with Gasteiger partial charge in [-0.05, 0) is 35.4 Å². The highest BCUT2D eigenvalue weighted by Crippen LogP contribution is 2.29. The number of benzene rings is 2. The van der Waals surface area contributed by atoms with Crippen LogP contribution in [-0.4, -0.2) is 16.3 Å². The third-order valence-electron chi connectivity index (χ3n) is 2.90. The molecule has 4 nitrogen and oxygen atoms in total. The molecule has 3 rings (SSSR count). The summed E-state index contributed by atoms with van der Waals surface area (Å²) in [5, 5.41) is 0. The SMILES string of the molecule is Br.Nc1nc2cc(-c3cccc(OC(F)(F)F)c3)ccc2[nH]1. The minimum atomic E-state index is -4.71. The highest BCUT2D eigenvalue weighted by Gasteiger charge is 2.31. The first-order valence-electron chi connectivity index (χ1n) is 6.02. The van der Waals surface area contributed by atoms with Crippen molar-refractivity contribution in [1.82, 2.24) is 9.97 Å². The largest absolute Gasteiger partial charge is 0.573 e. The van der Waals surface area contributed by atoms with Crippen molar-refractivity contribution in [2.24, 2.45) is 0 Å². The third-order valence-corrected chi connectivity index (χ3v) is 2.90. The Bertz CT molecular complexity index is 801. The Labute approximate surface area is 133 Å². The summed E-state index contributed by atoms with van der Waals surface area (Å²) >= 11 is 0. The normalized spacial score (nSPS) is 11.2. The van der Waals surface area contributed by atoms with E-state index in [0.717, 1.165) is 11.1 Å². The highest BCUT2D eigenvalue weighted by molar-refractivity contribution is 8.93. The zero-order chi connectivity index (χ0) is 15.0. The van der Waals surface area contributed by atoms with Gasteiger partial charge >= 0.3 is 6.36 Å². The van der Waals surface area contributed by atoms with Gasteiger partial charge in [-0.3, -0.25) is 0 Å². The zero-order valence-corrected chi connectivity index (χ0v) is 12.7. The molecule has 0 amide bonds. The van der Waals surface area contributed by atoms with E-state index in [2.05, 4.69) is 14.7 Å². The zero-order valence-electron chi connectivity index (χ0n) is 11.0. The standard InChI is InChI=1S/C14H10F3N3O.BrH/c15-14(16,17)21-10-3-1-2-8(6-10)9-4-5-11-12(7-9)20-13(18)19-11;/h1-7H,(H3,18,19,20);1H. The summed E-state index contributed by atoms with van der Waals surface area (Å²) in [6.45, 7) is 0. The van der Waals surface area contributed by atoms with Gasteiger partial charge in [-0.25, -0.2) is 4.98 Å². The lowest BCUT2D eigenvalue weighted by Gasteiger charge is -2.10. The molecule has 0 saturated carbocycles. The van der Waals surface area contributed by atoms with E-state index in [1.54, 1.807) is 24.3 Å². The molecule has 0 aliphatic rings. The molecule has 0 radical (unpaired) electrons. The van der Waals surface area contributed by atoms with Crippen LogP contribution in [0.4, 0.5) is 19.1 Å². The van der Waals surface area contributed by atoms with Crippen molar-refractivity contribution in [1.29, 1.82) is 0 Å². The number of aromatic nitrogens is 2. The second-order valence-corrected chi connectivity index (χ2v) is 4.43. The molecular formula is C14H11BrF3N3O. The van der Waals surface area contributed by atoms with Crippen LogP contribution in [-0.2, 0) is 0 Å². The number of hydrogen-bond acceptors (Lipinski definition) is 3. The van der Waals surface area contributed by atoms with E-state index in [9.17, 15) is 13.2 Å². The number of nitrogen functional groups attached to an aromatic ring is 1. The van der Waals surface area contributed by atoms with E-state index in [1.165, 1.54) is 18.2 Å². The van der Waals surface area contributed by atoms with Crippen molar-refractivity contribution in [2.45, 2.75) is 6.36 Å². The smallest absolute Gasteiger partial charge is 0.406 e. The first kappa shape index (κ1) is 16.2. The van der Waals surface area contributed by atoms with Gasteiger partial charge in [0.25, 0.3) is 0 Å². The quantitative estimate of drug-likeness (QED) is 0.704. The molecule has 0 aliphatic carbocycles. The molecule has 8 heteroatoms. The van der Waals surface area contributed by atoms with Gasteiger partial charge in [0.05, 0.1) is 11.0 Å². The maximum Gasteiger partial charge on any atom is 0.573 e. The summed E-state index contributed by atoms with van der Waals surface area (Å²) in [6, 6.07) is 11.1. The number of nitrogens with one attached hydrogen (secondary N) is 1. The van der Waals surface area contributed by atoms with Crippen molar-refractivity contribution in [3.05, 3.63) is 42.5 Å². The summed E-state index contributed by atoms with van der Waals surface area (Å²) in [5.74, 6) is 0.0259. The number of anilines is 1. The Kier molecular flexibility index (Phi) is 4.32. The number of nitrogens with zero attached hydrogens (tertiary/aromatic N) is 1. The van der Waals surface area contributed by atoms with Gasteiger partial charge in [0.2, 0.25) is 0 Å². The Morgan fingerprint density at radius 2 is 1.77 bits per heavy atom. The van der Waals surface area contributed by atoms with Gasteiger partial charge in [-0.15, -0.1) is 30.2 Å². The van der Waals surface area contributed by atoms with E-state index in [0.29, 0.717) is 11.1 Å². The number of aromatic amines is 1. The van der Waals surface area contributed by atoms with Crippen molar-refractivity contribution < 1.29 is 17.9 Å². The fourth-order valence-electron chi connectivity index (χ4n) is 2.08. The highest BCUT2D eigenvalue weighted by atomic mass is 79.9. The Balaban J connectivity index is 0.00000176. The predicted octanol–water partition coefficient (Wildman–Crippen LogP) is 4.29. The molecule has 0 bridgehead atoms. The number of rotatable bonds is 2. The number of imidazole rings is 1. The molecule has 22 heavy (non-hydrogen) atoms. The molecule has 0 fully saturated rings. The topological polar surface area (TPSA) is 63.9 Å². The van der Waals surface area contributed by atoms with E-state index in [4.69, 9.17) is 5.73 Å². The number of H-pyrrole nitrogens is 1. The van der Waals surface area contributed by atoms with Crippen LogP contribution in [0.1, 0.15) is 0 Å². The average molecular weight is 374 g/mol. The number of alkyl halides is 3. The van der Waals surface area contributed by atoms with Crippen LogP contribution in [0.5, 0.6) is 5.75 Å². The molecular weight excluding hydrogens is 363 g/mol. The van der Waals surface area contributed by atoms with Gasteiger partial charge in [0.1, 0.15) is 5.75 Å². The minimum Gasteiger partial charge on any atom is -0.406 e. The maximum absolute atomic E-state index is 12.2. The molecule has 0 atom stereocenters. The number of nitrogens with two attached hydrogens (primary N) is 1. The van der Waals surface area contributed by atoms with Gasteiger partial charge in [0.15, 0.2) is 5.95 Å². The van der Waals surface area contributed by atoms with Crippen molar-refractivity contribution >= 4 is 34.0 Å². The van der Waals surface area contributed by atoms with Crippen LogP contribution in [0.3, 0.4) is 0 Å². The lowest BCUT2D eigenvalue weighted by atomic mass is 10.0.